The Labute approximate surface area is 96.1 Å². The quantitative estimate of drug-likeness (QED) is 0.776. The van der Waals surface area contributed by atoms with Gasteiger partial charge in [0, 0.05) is 17.6 Å². The number of nitrogen functional groups attached to an aromatic ring is 1. The summed E-state index contributed by atoms with van der Waals surface area (Å²) in [4.78, 5) is 4.20. The third-order valence-corrected chi connectivity index (χ3v) is 2.75. The molecule has 2 nitrogen and oxygen atoms in total. The molecule has 0 saturated carbocycles. The Kier molecular flexibility index (Phi) is 2.91. The van der Waals surface area contributed by atoms with E-state index < -0.39 is 0 Å². The molecule has 0 unspecified atom stereocenters. The molecule has 1 heterocycles. The SMILES string of the molecule is CCc1cc(-c2ccnc(C)c2)ccc1N. The highest BCUT2D eigenvalue weighted by atomic mass is 14.6. The molecule has 1 aromatic heterocycles. The number of benzene rings is 1. The summed E-state index contributed by atoms with van der Waals surface area (Å²) in [6, 6.07) is 10.3. The van der Waals surface area contributed by atoms with Gasteiger partial charge in [-0.15, -0.1) is 0 Å². The van der Waals surface area contributed by atoms with Crippen LogP contribution in [0.5, 0.6) is 0 Å². The van der Waals surface area contributed by atoms with E-state index in [1.807, 2.05) is 25.3 Å². The van der Waals surface area contributed by atoms with Crippen LogP contribution in [-0.4, -0.2) is 4.98 Å². The minimum absolute atomic E-state index is 0.872. The van der Waals surface area contributed by atoms with Gasteiger partial charge in [-0.3, -0.25) is 4.98 Å². The second-order valence-corrected chi connectivity index (χ2v) is 3.95. The number of aryl methyl sites for hydroxylation is 2. The smallest absolute Gasteiger partial charge is 0.0378 e. The Hall–Kier alpha value is -1.83. The molecule has 0 amide bonds. The first kappa shape index (κ1) is 10.7. The van der Waals surface area contributed by atoms with Crippen molar-refractivity contribution in [2.24, 2.45) is 0 Å². The molecule has 0 aliphatic carbocycles. The van der Waals surface area contributed by atoms with Crippen LogP contribution >= 0.6 is 0 Å². The zero-order valence-electron chi connectivity index (χ0n) is 9.70. The standard InChI is InChI=1S/C14H16N2/c1-3-11-9-12(4-5-14(11)15)13-6-7-16-10(2)8-13/h4-9H,3,15H2,1-2H3. The molecule has 0 saturated heterocycles. The van der Waals surface area contributed by atoms with Gasteiger partial charge in [-0.05, 0) is 54.3 Å². The summed E-state index contributed by atoms with van der Waals surface area (Å²) in [6.45, 7) is 4.12. The maximum atomic E-state index is 5.90. The van der Waals surface area contributed by atoms with Crippen LogP contribution in [0.3, 0.4) is 0 Å². The Bertz CT molecular complexity index is 504. The van der Waals surface area contributed by atoms with E-state index in [4.69, 9.17) is 5.73 Å². The zero-order valence-corrected chi connectivity index (χ0v) is 9.70. The van der Waals surface area contributed by atoms with Gasteiger partial charge >= 0.3 is 0 Å². The molecule has 16 heavy (non-hydrogen) atoms. The predicted octanol–water partition coefficient (Wildman–Crippen LogP) is 3.20. The van der Waals surface area contributed by atoms with Crippen molar-refractivity contribution in [1.29, 1.82) is 0 Å². The molecule has 0 aliphatic heterocycles. The van der Waals surface area contributed by atoms with Gasteiger partial charge in [0.05, 0.1) is 0 Å². The zero-order chi connectivity index (χ0) is 11.5. The van der Waals surface area contributed by atoms with Gasteiger partial charge in [-0.2, -0.15) is 0 Å². The maximum absolute atomic E-state index is 5.90. The summed E-state index contributed by atoms with van der Waals surface area (Å²) in [6.07, 6.45) is 2.80. The minimum Gasteiger partial charge on any atom is -0.399 e. The number of anilines is 1. The van der Waals surface area contributed by atoms with Gasteiger partial charge in [0.25, 0.3) is 0 Å². The van der Waals surface area contributed by atoms with E-state index in [9.17, 15) is 0 Å². The molecule has 0 fully saturated rings. The number of hydrogen-bond acceptors (Lipinski definition) is 2. The normalized spacial score (nSPS) is 10.4. The number of aromatic nitrogens is 1. The average Bonchev–Trinajstić information content (AvgIpc) is 2.29. The molecule has 0 bridgehead atoms. The van der Waals surface area contributed by atoms with Crippen LogP contribution in [0, 0.1) is 6.92 Å². The van der Waals surface area contributed by atoms with Crippen molar-refractivity contribution in [1.82, 2.24) is 4.98 Å². The topological polar surface area (TPSA) is 38.9 Å². The van der Waals surface area contributed by atoms with Gasteiger partial charge < -0.3 is 5.73 Å². The monoisotopic (exact) mass is 212 g/mol. The van der Waals surface area contributed by atoms with Crippen LogP contribution in [0.1, 0.15) is 18.2 Å². The lowest BCUT2D eigenvalue weighted by Gasteiger charge is -2.07. The molecular weight excluding hydrogens is 196 g/mol. The van der Waals surface area contributed by atoms with Crippen molar-refractivity contribution in [3.05, 3.63) is 47.8 Å². The highest BCUT2D eigenvalue weighted by Crippen LogP contribution is 2.24. The number of pyridine rings is 1. The highest BCUT2D eigenvalue weighted by molar-refractivity contribution is 5.67. The minimum atomic E-state index is 0.872. The van der Waals surface area contributed by atoms with Crippen LogP contribution in [0.4, 0.5) is 5.69 Å². The number of hydrogen-bond donors (Lipinski definition) is 1. The van der Waals surface area contributed by atoms with E-state index in [2.05, 4.69) is 30.1 Å². The largest absolute Gasteiger partial charge is 0.399 e. The number of nitrogens with two attached hydrogens (primary N) is 1. The Morgan fingerprint density at radius 1 is 1.12 bits per heavy atom. The summed E-state index contributed by atoms with van der Waals surface area (Å²) in [7, 11) is 0. The van der Waals surface area contributed by atoms with E-state index in [0.717, 1.165) is 17.8 Å². The first-order valence-electron chi connectivity index (χ1n) is 5.52. The number of rotatable bonds is 2. The van der Waals surface area contributed by atoms with Crippen LogP contribution in [0.2, 0.25) is 0 Å². The second kappa shape index (κ2) is 4.35. The van der Waals surface area contributed by atoms with Crippen molar-refractivity contribution in [3.8, 4) is 11.1 Å². The lowest BCUT2D eigenvalue weighted by molar-refractivity contribution is 1.14. The van der Waals surface area contributed by atoms with E-state index in [1.54, 1.807) is 0 Å². The molecule has 0 spiro atoms. The summed E-state index contributed by atoms with van der Waals surface area (Å²) in [5, 5.41) is 0. The lowest BCUT2D eigenvalue weighted by atomic mass is 10.0. The van der Waals surface area contributed by atoms with E-state index in [1.165, 1.54) is 16.7 Å². The van der Waals surface area contributed by atoms with Gasteiger partial charge in [-0.1, -0.05) is 13.0 Å². The summed E-state index contributed by atoms with van der Waals surface area (Å²) >= 11 is 0. The predicted molar refractivity (Wildman–Crippen MR) is 68.2 cm³/mol. The van der Waals surface area contributed by atoms with E-state index in [0.29, 0.717) is 0 Å². The first-order chi connectivity index (χ1) is 7.70. The third-order valence-electron chi connectivity index (χ3n) is 2.75. The van der Waals surface area contributed by atoms with Crippen LogP contribution in [-0.2, 0) is 6.42 Å². The van der Waals surface area contributed by atoms with E-state index >= 15 is 0 Å². The van der Waals surface area contributed by atoms with Gasteiger partial charge in [-0.25, -0.2) is 0 Å². The molecule has 0 radical (unpaired) electrons. The highest BCUT2D eigenvalue weighted by Gasteiger charge is 2.02. The molecule has 2 N–H and O–H groups in total. The Balaban J connectivity index is 2.48. The molecule has 2 aromatic rings. The molecule has 0 atom stereocenters. The number of nitrogens with zero attached hydrogens (tertiary/aromatic N) is 1. The second-order valence-electron chi connectivity index (χ2n) is 3.95. The van der Waals surface area contributed by atoms with Crippen LogP contribution in [0.25, 0.3) is 11.1 Å². The summed E-state index contributed by atoms with van der Waals surface area (Å²) in [5.74, 6) is 0. The third kappa shape index (κ3) is 2.06. The van der Waals surface area contributed by atoms with Gasteiger partial charge in [0.15, 0.2) is 0 Å². The van der Waals surface area contributed by atoms with Crippen molar-refractivity contribution in [3.63, 3.8) is 0 Å². The Morgan fingerprint density at radius 2 is 1.88 bits per heavy atom. The van der Waals surface area contributed by atoms with Crippen LogP contribution < -0.4 is 5.73 Å². The lowest BCUT2D eigenvalue weighted by Crippen LogP contribution is -1.93. The van der Waals surface area contributed by atoms with Crippen LogP contribution in [0.15, 0.2) is 36.5 Å². The fourth-order valence-corrected chi connectivity index (χ4v) is 1.82. The maximum Gasteiger partial charge on any atom is 0.0378 e. The fourth-order valence-electron chi connectivity index (χ4n) is 1.82. The molecule has 0 aliphatic rings. The van der Waals surface area contributed by atoms with Crippen molar-refractivity contribution >= 4 is 5.69 Å². The summed E-state index contributed by atoms with van der Waals surface area (Å²) in [5.41, 5.74) is 11.4. The fraction of sp³-hybridized carbons (Fsp3) is 0.214. The van der Waals surface area contributed by atoms with Crippen molar-refractivity contribution < 1.29 is 0 Å². The molecule has 1 aromatic carbocycles. The molecule has 82 valence electrons. The van der Waals surface area contributed by atoms with Crippen molar-refractivity contribution in [2.45, 2.75) is 20.3 Å². The van der Waals surface area contributed by atoms with Gasteiger partial charge in [0.2, 0.25) is 0 Å². The molecule has 2 rings (SSSR count). The van der Waals surface area contributed by atoms with E-state index in [-0.39, 0.29) is 0 Å². The molecule has 2 heteroatoms. The summed E-state index contributed by atoms with van der Waals surface area (Å²) < 4.78 is 0. The Morgan fingerprint density at radius 3 is 2.56 bits per heavy atom. The molecular formula is C14H16N2. The average molecular weight is 212 g/mol. The van der Waals surface area contributed by atoms with Crippen molar-refractivity contribution in [2.75, 3.05) is 5.73 Å². The first-order valence-corrected chi connectivity index (χ1v) is 5.52. The van der Waals surface area contributed by atoms with Gasteiger partial charge in [0.1, 0.15) is 0 Å².